The van der Waals surface area contributed by atoms with Gasteiger partial charge in [-0.15, -0.1) is 0 Å². The first kappa shape index (κ1) is 14.1. The van der Waals surface area contributed by atoms with E-state index >= 15 is 0 Å². The van der Waals surface area contributed by atoms with Gasteiger partial charge in [0.1, 0.15) is 0 Å². The number of benzene rings is 2. The van der Waals surface area contributed by atoms with Crippen LogP contribution in [0.15, 0.2) is 59.1 Å². The summed E-state index contributed by atoms with van der Waals surface area (Å²) < 4.78 is 0.995. The molecule has 1 aliphatic carbocycles. The highest BCUT2D eigenvalue weighted by atomic mass is 79.9. The monoisotopic (exact) mass is 344 g/mol. The van der Waals surface area contributed by atoms with Crippen molar-refractivity contribution in [3.05, 3.63) is 64.6 Å². The average Bonchev–Trinajstić information content (AvgIpc) is 3.30. The van der Waals surface area contributed by atoms with Gasteiger partial charge in [0.2, 0.25) is 0 Å². The fourth-order valence-corrected chi connectivity index (χ4v) is 2.73. The molecule has 3 rings (SSSR count). The third kappa shape index (κ3) is 3.45. The summed E-state index contributed by atoms with van der Waals surface area (Å²) in [4.78, 5) is 12.0. The second-order valence-corrected chi connectivity index (χ2v) is 6.38. The van der Waals surface area contributed by atoms with E-state index in [1.165, 1.54) is 5.56 Å². The van der Waals surface area contributed by atoms with Gasteiger partial charge >= 0.3 is 6.03 Å². The third-order valence-corrected chi connectivity index (χ3v) is 4.46. The van der Waals surface area contributed by atoms with Gasteiger partial charge in [-0.1, -0.05) is 46.3 Å². The number of halogens is 1. The second kappa shape index (κ2) is 5.90. The molecule has 1 saturated carbocycles. The maximum absolute atomic E-state index is 12.0. The van der Waals surface area contributed by atoms with E-state index in [2.05, 4.69) is 50.8 Å². The SMILES string of the molecule is O=C(NCC1(c2ccccc2)CC1)Nc1ccc(Br)cc1. The molecule has 0 aliphatic heterocycles. The van der Waals surface area contributed by atoms with Gasteiger partial charge < -0.3 is 10.6 Å². The Morgan fingerprint density at radius 1 is 1.05 bits per heavy atom. The predicted octanol–water partition coefficient (Wildman–Crippen LogP) is 4.30. The summed E-state index contributed by atoms with van der Waals surface area (Å²) in [7, 11) is 0. The highest BCUT2D eigenvalue weighted by molar-refractivity contribution is 9.10. The van der Waals surface area contributed by atoms with Crippen LogP contribution in [0.5, 0.6) is 0 Å². The minimum atomic E-state index is -0.153. The molecule has 1 fully saturated rings. The Bertz CT molecular complexity index is 621. The molecule has 2 aromatic carbocycles. The van der Waals surface area contributed by atoms with Gasteiger partial charge in [-0.25, -0.2) is 4.79 Å². The maximum atomic E-state index is 12.0. The molecule has 2 amide bonds. The second-order valence-electron chi connectivity index (χ2n) is 5.46. The van der Waals surface area contributed by atoms with E-state index in [9.17, 15) is 4.79 Å². The van der Waals surface area contributed by atoms with E-state index in [0.717, 1.165) is 23.0 Å². The lowest BCUT2D eigenvalue weighted by atomic mass is 9.96. The number of anilines is 1. The minimum absolute atomic E-state index is 0.137. The molecule has 0 unspecified atom stereocenters. The van der Waals surface area contributed by atoms with Crippen molar-refractivity contribution in [3.8, 4) is 0 Å². The highest BCUT2D eigenvalue weighted by Crippen LogP contribution is 2.47. The van der Waals surface area contributed by atoms with Crippen LogP contribution in [0.25, 0.3) is 0 Å². The lowest BCUT2D eigenvalue weighted by Gasteiger charge is -2.17. The molecule has 0 bridgehead atoms. The van der Waals surface area contributed by atoms with Gasteiger partial charge in [-0.3, -0.25) is 0 Å². The zero-order valence-corrected chi connectivity index (χ0v) is 13.2. The van der Waals surface area contributed by atoms with Crippen molar-refractivity contribution < 1.29 is 4.79 Å². The number of carbonyl (C=O) groups is 1. The fourth-order valence-electron chi connectivity index (χ4n) is 2.47. The molecule has 2 aromatic rings. The normalized spacial score (nSPS) is 15.3. The summed E-state index contributed by atoms with van der Waals surface area (Å²) in [6.07, 6.45) is 2.27. The topological polar surface area (TPSA) is 41.1 Å². The van der Waals surface area contributed by atoms with Crippen LogP contribution in [0.3, 0.4) is 0 Å². The maximum Gasteiger partial charge on any atom is 0.319 e. The van der Waals surface area contributed by atoms with E-state index in [1.807, 2.05) is 30.3 Å². The zero-order valence-electron chi connectivity index (χ0n) is 11.6. The molecule has 0 spiro atoms. The van der Waals surface area contributed by atoms with Gasteiger partial charge in [0.05, 0.1) is 0 Å². The number of rotatable bonds is 4. The summed E-state index contributed by atoms with van der Waals surface area (Å²) in [6.45, 7) is 0.680. The molecule has 4 heteroatoms. The summed E-state index contributed by atoms with van der Waals surface area (Å²) in [6, 6.07) is 17.8. The van der Waals surface area contributed by atoms with Gasteiger partial charge in [0.15, 0.2) is 0 Å². The minimum Gasteiger partial charge on any atom is -0.337 e. The van der Waals surface area contributed by atoms with Crippen molar-refractivity contribution in [3.63, 3.8) is 0 Å². The Kier molecular flexibility index (Phi) is 3.97. The number of urea groups is 1. The fraction of sp³-hybridized carbons (Fsp3) is 0.235. The van der Waals surface area contributed by atoms with Gasteiger partial charge in [-0.2, -0.15) is 0 Å². The quantitative estimate of drug-likeness (QED) is 0.852. The molecule has 0 radical (unpaired) electrons. The van der Waals surface area contributed by atoms with E-state index in [1.54, 1.807) is 0 Å². The predicted molar refractivity (Wildman–Crippen MR) is 88.5 cm³/mol. The Labute approximate surface area is 132 Å². The highest BCUT2D eigenvalue weighted by Gasteiger charge is 2.44. The van der Waals surface area contributed by atoms with Crippen molar-refractivity contribution in [1.29, 1.82) is 0 Å². The summed E-state index contributed by atoms with van der Waals surface area (Å²) in [5, 5.41) is 5.84. The summed E-state index contributed by atoms with van der Waals surface area (Å²) in [5.74, 6) is 0. The summed E-state index contributed by atoms with van der Waals surface area (Å²) in [5.41, 5.74) is 2.24. The third-order valence-electron chi connectivity index (χ3n) is 3.93. The van der Waals surface area contributed by atoms with Crippen LogP contribution in [0, 0.1) is 0 Å². The molecular weight excluding hydrogens is 328 g/mol. The number of carbonyl (C=O) groups excluding carboxylic acids is 1. The number of hydrogen-bond acceptors (Lipinski definition) is 1. The lowest BCUT2D eigenvalue weighted by molar-refractivity contribution is 0.251. The number of nitrogens with one attached hydrogen (secondary N) is 2. The van der Waals surface area contributed by atoms with Crippen molar-refractivity contribution in [2.45, 2.75) is 18.3 Å². The lowest BCUT2D eigenvalue weighted by Crippen LogP contribution is -2.35. The molecule has 0 heterocycles. The van der Waals surface area contributed by atoms with Gasteiger partial charge in [0, 0.05) is 22.1 Å². The van der Waals surface area contributed by atoms with Crippen LogP contribution in [0.1, 0.15) is 18.4 Å². The first-order valence-electron chi connectivity index (χ1n) is 7.04. The number of hydrogen-bond donors (Lipinski definition) is 2. The van der Waals surface area contributed by atoms with Crippen LogP contribution in [0.2, 0.25) is 0 Å². The van der Waals surface area contributed by atoms with E-state index < -0.39 is 0 Å². The number of amides is 2. The van der Waals surface area contributed by atoms with Crippen molar-refractivity contribution in [1.82, 2.24) is 5.32 Å². The largest absolute Gasteiger partial charge is 0.337 e. The zero-order chi connectivity index (χ0) is 14.7. The van der Waals surface area contributed by atoms with Crippen LogP contribution in [-0.2, 0) is 5.41 Å². The Hall–Kier alpha value is -1.81. The molecule has 0 saturated heterocycles. The average molecular weight is 345 g/mol. The smallest absolute Gasteiger partial charge is 0.319 e. The van der Waals surface area contributed by atoms with Crippen molar-refractivity contribution in [2.75, 3.05) is 11.9 Å². The Morgan fingerprint density at radius 2 is 1.71 bits per heavy atom. The summed E-state index contributed by atoms with van der Waals surface area (Å²) >= 11 is 3.37. The van der Waals surface area contributed by atoms with Gasteiger partial charge in [-0.05, 0) is 42.7 Å². The van der Waals surface area contributed by atoms with E-state index in [-0.39, 0.29) is 11.4 Å². The van der Waals surface area contributed by atoms with Crippen LogP contribution < -0.4 is 10.6 Å². The molecular formula is C17H17BrN2O. The molecule has 2 N–H and O–H groups in total. The van der Waals surface area contributed by atoms with E-state index in [0.29, 0.717) is 6.54 Å². The Morgan fingerprint density at radius 3 is 2.33 bits per heavy atom. The first-order chi connectivity index (χ1) is 10.2. The van der Waals surface area contributed by atoms with Crippen molar-refractivity contribution >= 4 is 27.6 Å². The van der Waals surface area contributed by atoms with Gasteiger partial charge in [0.25, 0.3) is 0 Å². The molecule has 0 aromatic heterocycles. The van der Waals surface area contributed by atoms with Crippen LogP contribution in [0.4, 0.5) is 10.5 Å². The standard InChI is InChI=1S/C17H17BrN2O/c18-14-6-8-15(9-7-14)20-16(21)19-12-17(10-11-17)13-4-2-1-3-5-13/h1-9H,10-12H2,(H2,19,20,21). The molecule has 108 valence electrons. The van der Waals surface area contributed by atoms with Crippen LogP contribution in [-0.4, -0.2) is 12.6 Å². The first-order valence-corrected chi connectivity index (χ1v) is 7.83. The molecule has 21 heavy (non-hydrogen) atoms. The van der Waals surface area contributed by atoms with E-state index in [4.69, 9.17) is 0 Å². The molecule has 1 aliphatic rings. The van der Waals surface area contributed by atoms with Crippen molar-refractivity contribution in [2.24, 2.45) is 0 Å². The molecule has 3 nitrogen and oxygen atoms in total. The molecule has 0 atom stereocenters. The Balaban J connectivity index is 1.56. The van der Waals surface area contributed by atoms with Crippen LogP contribution >= 0.6 is 15.9 Å².